The molecule has 19 heavy (non-hydrogen) atoms. The van der Waals surface area contributed by atoms with E-state index in [0.29, 0.717) is 5.92 Å². The molecule has 2 aromatic carbocycles. The zero-order valence-electron chi connectivity index (χ0n) is 11.4. The molecule has 0 spiro atoms. The average molecular weight is 272 g/mol. The van der Waals surface area contributed by atoms with Gasteiger partial charge in [-0.1, -0.05) is 47.5 Å². The Balaban J connectivity index is 2.08. The van der Waals surface area contributed by atoms with Gasteiger partial charge in [-0.15, -0.1) is 0 Å². The highest BCUT2D eigenvalue weighted by molar-refractivity contribution is 6.30. The lowest BCUT2D eigenvalue weighted by Gasteiger charge is -2.33. The van der Waals surface area contributed by atoms with Gasteiger partial charge in [0.25, 0.3) is 0 Å². The van der Waals surface area contributed by atoms with Crippen LogP contribution in [0.1, 0.15) is 28.2 Å². The van der Waals surface area contributed by atoms with E-state index in [4.69, 9.17) is 11.6 Å². The molecule has 1 aliphatic heterocycles. The van der Waals surface area contributed by atoms with E-state index in [-0.39, 0.29) is 0 Å². The maximum absolute atomic E-state index is 6.14. The van der Waals surface area contributed by atoms with E-state index in [1.54, 1.807) is 0 Å². The van der Waals surface area contributed by atoms with Gasteiger partial charge in [-0.05, 0) is 42.8 Å². The third kappa shape index (κ3) is 2.54. The fourth-order valence-electron chi connectivity index (χ4n) is 2.99. The van der Waals surface area contributed by atoms with Crippen LogP contribution in [0.25, 0.3) is 0 Å². The Morgan fingerprint density at radius 3 is 2.79 bits per heavy atom. The maximum atomic E-state index is 6.14. The van der Waals surface area contributed by atoms with Crippen LogP contribution < -0.4 is 0 Å². The largest absolute Gasteiger partial charge is 0.301 e. The molecular weight excluding hydrogens is 254 g/mol. The highest BCUT2D eigenvalue weighted by atomic mass is 35.5. The molecule has 0 bridgehead atoms. The van der Waals surface area contributed by atoms with Crippen LogP contribution in [0.15, 0.2) is 42.5 Å². The molecule has 3 rings (SSSR count). The van der Waals surface area contributed by atoms with Crippen LogP contribution in [0.2, 0.25) is 5.02 Å². The Bertz CT molecular complexity index is 606. The summed E-state index contributed by atoms with van der Waals surface area (Å²) >= 11 is 6.14. The molecule has 0 N–H and O–H groups in total. The van der Waals surface area contributed by atoms with E-state index in [1.807, 2.05) is 12.1 Å². The molecule has 0 saturated carbocycles. The first-order valence-corrected chi connectivity index (χ1v) is 7.05. The number of fused-ring (bicyclic) bond motifs is 1. The second-order valence-corrected chi connectivity index (χ2v) is 5.94. The molecule has 0 amide bonds. The number of benzene rings is 2. The van der Waals surface area contributed by atoms with Crippen LogP contribution >= 0.6 is 11.6 Å². The van der Waals surface area contributed by atoms with Crippen molar-refractivity contribution in [3.05, 3.63) is 69.7 Å². The predicted molar refractivity (Wildman–Crippen MR) is 80.8 cm³/mol. The molecule has 0 radical (unpaired) electrons. The summed E-state index contributed by atoms with van der Waals surface area (Å²) in [5, 5.41) is 0.819. The second kappa shape index (κ2) is 4.99. The normalized spacial score (nSPS) is 19.2. The summed E-state index contributed by atoms with van der Waals surface area (Å²) in [6.45, 7) is 4.24. The van der Waals surface area contributed by atoms with Gasteiger partial charge in [0.15, 0.2) is 0 Å². The highest BCUT2D eigenvalue weighted by Gasteiger charge is 2.24. The summed E-state index contributed by atoms with van der Waals surface area (Å²) < 4.78 is 0. The lowest BCUT2D eigenvalue weighted by Crippen LogP contribution is -2.31. The van der Waals surface area contributed by atoms with E-state index in [2.05, 4.69) is 49.2 Å². The second-order valence-electron chi connectivity index (χ2n) is 5.51. The van der Waals surface area contributed by atoms with Crippen molar-refractivity contribution in [2.75, 3.05) is 13.6 Å². The van der Waals surface area contributed by atoms with Crippen LogP contribution in [0.3, 0.4) is 0 Å². The van der Waals surface area contributed by atoms with Crippen molar-refractivity contribution >= 4 is 11.6 Å². The zero-order chi connectivity index (χ0) is 13.4. The quantitative estimate of drug-likeness (QED) is 0.750. The standard InChI is InChI=1S/C17H18ClN/c1-12-6-7-16-14(8-12)10-19(2)11-17(16)13-4-3-5-15(18)9-13/h3-9,17H,10-11H2,1-2H3/t17-/m0/s1. The van der Waals surface area contributed by atoms with Gasteiger partial charge >= 0.3 is 0 Å². The Hall–Kier alpha value is -1.31. The Kier molecular flexibility index (Phi) is 3.34. The fourth-order valence-corrected chi connectivity index (χ4v) is 3.18. The van der Waals surface area contributed by atoms with E-state index < -0.39 is 0 Å². The van der Waals surface area contributed by atoms with E-state index in [0.717, 1.165) is 18.1 Å². The minimum atomic E-state index is 0.424. The van der Waals surface area contributed by atoms with Gasteiger partial charge in [-0.2, -0.15) is 0 Å². The summed E-state index contributed by atoms with van der Waals surface area (Å²) in [6.07, 6.45) is 0. The van der Waals surface area contributed by atoms with Gasteiger partial charge in [-0.3, -0.25) is 0 Å². The number of likely N-dealkylation sites (N-methyl/N-ethyl adjacent to an activating group) is 1. The van der Waals surface area contributed by atoms with Gasteiger partial charge < -0.3 is 4.90 Å². The number of halogens is 1. The first-order chi connectivity index (χ1) is 9.13. The van der Waals surface area contributed by atoms with Gasteiger partial charge in [0.1, 0.15) is 0 Å². The lowest BCUT2D eigenvalue weighted by molar-refractivity contribution is 0.295. The number of aryl methyl sites for hydroxylation is 1. The predicted octanol–water partition coefficient (Wildman–Crippen LogP) is 4.23. The van der Waals surface area contributed by atoms with Gasteiger partial charge in [0.05, 0.1) is 0 Å². The molecular formula is C17H18ClN. The number of rotatable bonds is 1. The van der Waals surface area contributed by atoms with Crippen molar-refractivity contribution in [2.24, 2.45) is 0 Å². The molecule has 1 atom stereocenters. The van der Waals surface area contributed by atoms with Gasteiger partial charge in [0.2, 0.25) is 0 Å². The third-order valence-electron chi connectivity index (χ3n) is 3.86. The molecule has 0 aliphatic carbocycles. The molecule has 0 aromatic heterocycles. The molecule has 0 saturated heterocycles. The Labute approximate surface area is 119 Å². The molecule has 2 heteroatoms. The summed E-state index contributed by atoms with van der Waals surface area (Å²) in [4.78, 5) is 2.38. The van der Waals surface area contributed by atoms with E-state index >= 15 is 0 Å². The lowest BCUT2D eigenvalue weighted by atomic mass is 9.84. The molecule has 1 heterocycles. The van der Waals surface area contributed by atoms with Crippen LogP contribution in [0, 0.1) is 6.92 Å². The monoisotopic (exact) mass is 271 g/mol. The minimum Gasteiger partial charge on any atom is -0.301 e. The molecule has 0 fully saturated rings. The average Bonchev–Trinajstić information content (AvgIpc) is 2.37. The van der Waals surface area contributed by atoms with Gasteiger partial charge in [-0.25, -0.2) is 0 Å². The van der Waals surface area contributed by atoms with Crippen molar-refractivity contribution < 1.29 is 0 Å². The molecule has 98 valence electrons. The fraction of sp³-hybridized carbons (Fsp3) is 0.294. The smallest absolute Gasteiger partial charge is 0.0408 e. The highest BCUT2D eigenvalue weighted by Crippen LogP contribution is 2.34. The third-order valence-corrected chi connectivity index (χ3v) is 4.09. The zero-order valence-corrected chi connectivity index (χ0v) is 12.1. The summed E-state index contributed by atoms with van der Waals surface area (Å²) in [5.74, 6) is 0.424. The van der Waals surface area contributed by atoms with E-state index in [9.17, 15) is 0 Å². The minimum absolute atomic E-state index is 0.424. The van der Waals surface area contributed by atoms with Crippen molar-refractivity contribution in [3.63, 3.8) is 0 Å². The van der Waals surface area contributed by atoms with Crippen molar-refractivity contribution in [3.8, 4) is 0 Å². The van der Waals surface area contributed by atoms with Crippen LogP contribution in [-0.4, -0.2) is 18.5 Å². The van der Waals surface area contributed by atoms with Crippen molar-refractivity contribution in [2.45, 2.75) is 19.4 Å². The number of hydrogen-bond acceptors (Lipinski definition) is 1. The summed E-state index contributed by atoms with van der Waals surface area (Å²) in [6, 6.07) is 15.1. The molecule has 2 aromatic rings. The van der Waals surface area contributed by atoms with Crippen LogP contribution in [0.5, 0.6) is 0 Å². The summed E-state index contributed by atoms with van der Waals surface area (Å²) in [5.41, 5.74) is 5.53. The first kappa shape index (κ1) is 12.7. The Morgan fingerprint density at radius 1 is 1.16 bits per heavy atom. The van der Waals surface area contributed by atoms with Crippen molar-refractivity contribution in [1.82, 2.24) is 4.90 Å². The maximum Gasteiger partial charge on any atom is 0.0408 e. The van der Waals surface area contributed by atoms with Crippen LogP contribution in [-0.2, 0) is 6.54 Å². The Morgan fingerprint density at radius 2 is 2.00 bits per heavy atom. The van der Waals surface area contributed by atoms with E-state index in [1.165, 1.54) is 22.3 Å². The summed E-state index contributed by atoms with van der Waals surface area (Å²) in [7, 11) is 2.18. The molecule has 0 unspecified atom stereocenters. The van der Waals surface area contributed by atoms with Gasteiger partial charge in [0, 0.05) is 24.0 Å². The number of hydrogen-bond donors (Lipinski definition) is 0. The first-order valence-electron chi connectivity index (χ1n) is 6.67. The SMILES string of the molecule is Cc1ccc2c(c1)CN(C)C[C@H]2c1cccc(Cl)c1. The molecule has 1 nitrogen and oxygen atoms in total. The molecule has 1 aliphatic rings. The number of nitrogens with zero attached hydrogens (tertiary/aromatic N) is 1. The van der Waals surface area contributed by atoms with Crippen molar-refractivity contribution in [1.29, 1.82) is 0 Å². The van der Waals surface area contributed by atoms with Crippen LogP contribution in [0.4, 0.5) is 0 Å². The topological polar surface area (TPSA) is 3.24 Å².